The number of carbonyl (C=O) groups is 2. The van der Waals surface area contributed by atoms with Gasteiger partial charge in [0, 0.05) is 6.42 Å². The predicted octanol–water partition coefficient (Wildman–Crippen LogP) is 5.39. The van der Waals surface area contributed by atoms with E-state index in [1.54, 1.807) is 0 Å². The van der Waals surface area contributed by atoms with Gasteiger partial charge in [-0.1, -0.05) is 120 Å². The second-order valence-electron chi connectivity index (χ2n) is 10.2. The van der Waals surface area contributed by atoms with Crippen LogP contribution in [-0.2, 0) is 27.4 Å². The smallest absolute Gasteiger partial charge is 0.244 e. The van der Waals surface area contributed by atoms with Gasteiger partial charge < -0.3 is 15.4 Å². The number of amides is 2. The molecular weight excluding hydrogens is 510 g/mol. The van der Waals surface area contributed by atoms with Crippen LogP contribution >= 0.6 is 0 Å². The van der Waals surface area contributed by atoms with Crippen molar-refractivity contribution in [3.8, 4) is 6.07 Å². The molecule has 0 bridgehead atoms. The molecule has 4 rings (SSSR count). The SMILES string of the molecule is Cc1cccc(COC[C@@H](C#N)NC(=O)[C@H](Cc2cccc(C)c2)NC(=O)C(c2ccccc2)c2ccccc2)c1. The molecule has 2 atom stereocenters. The summed E-state index contributed by atoms with van der Waals surface area (Å²) < 4.78 is 5.75. The van der Waals surface area contributed by atoms with Gasteiger partial charge in [-0.2, -0.15) is 5.26 Å². The Bertz CT molecular complexity index is 1440. The topological polar surface area (TPSA) is 91.2 Å². The fraction of sp³-hybridized carbons (Fsp3) is 0.229. The molecule has 2 amide bonds. The summed E-state index contributed by atoms with van der Waals surface area (Å²) in [5.41, 5.74) is 5.72. The third-order valence-electron chi connectivity index (χ3n) is 6.79. The highest BCUT2D eigenvalue weighted by molar-refractivity contribution is 5.92. The average molecular weight is 546 g/mol. The molecule has 0 unspecified atom stereocenters. The van der Waals surface area contributed by atoms with Crippen molar-refractivity contribution in [1.29, 1.82) is 5.26 Å². The number of nitrogens with zero attached hydrogens (tertiary/aromatic N) is 1. The van der Waals surface area contributed by atoms with E-state index in [4.69, 9.17) is 4.74 Å². The summed E-state index contributed by atoms with van der Waals surface area (Å²) in [6.45, 7) is 4.34. The van der Waals surface area contributed by atoms with Crippen molar-refractivity contribution in [1.82, 2.24) is 10.6 Å². The minimum atomic E-state index is -0.896. The Morgan fingerprint density at radius 2 is 1.29 bits per heavy atom. The number of nitrogens with one attached hydrogen (secondary N) is 2. The molecule has 2 N–H and O–H groups in total. The Hall–Kier alpha value is -4.73. The number of carbonyl (C=O) groups excluding carboxylic acids is 2. The second kappa shape index (κ2) is 14.6. The standard InChI is InChI=1S/C35H35N3O3/c1-25-11-9-13-27(19-25)21-32(34(39)37-31(22-36)24-41-23-28-14-10-12-26(2)20-28)38-35(40)33(29-15-5-3-6-16-29)30-17-7-4-8-18-30/h3-20,31-33H,21,23-24H2,1-2H3,(H,37,39)(H,38,40)/t31-,32+/m1/s1. The molecule has 0 aliphatic heterocycles. The van der Waals surface area contributed by atoms with Gasteiger partial charge in [-0.3, -0.25) is 9.59 Å². The van der Waals surface area contributed by atoms with Crippen LogP contribution in [0.4, 0.5) is 0 Å². The number of benzene rings is 4. The van der Waals surface area contributed by atoms with Gasteiger partial charge in [-0.25, -0.2) is 0 Å². The van der Waals surface area contributed by atoms with Crippen LogP contribution in [0, 0.1) is 25.2 Å². The number of hydrogen-bond donors (Lipinski definition) is 2. The molecule has 0 aliphatic carbocycles. The molecule has 4 aromatic rings. The normalized spacial score (nSPS) is 12.2. The first-order valence-electron chi connectivity index (χ1n) is 13.7. The molecule has 0 heterocycles. The summed E-state index contributed by atoms with van der Waals surface area (Å²) in [6, 6.07) is 35.1. The van der Waals surface area contributed by atoms with Crippen molar-refractivity contribution in [2.75, 3.05) is 6.61 Å². The van der Waals surface area contributed by atoms with Crippen molar-refractivity contribution >= 4 is 11.8 Å². The maximum atomic E-state index is 13.8. The second-order valence-corrected chi connectivity index (χ2v) is 10.2. The van der Waals surface area contributed by atoms with Crippen LogP contribution in [0.2, 0.25) is 0 Å². The van der Waals surface area contributed by atoms with Crippen molar-refractivity contribution in [2.24, 2.45) is 0 Å². The van der Waals surface area contributed by atoms with Crippen LogP contribution in [0.1, 0.15) is 39.3 Å². The van der Waals surface area contributed by atoms with Crippen LogP contribution in [0.3, 0.4) is 0 Å². The van der Waals surface area contributed by atoms with E-state index in [1.807, 2.05) is 123 Å². The highest BCUT2D eigenvalue weighted by Crippen LogP contribution is 2.25. The van der Waals surface area contributed by atoms with Gasteiger partial charge in [-0.15, -0.1) is 0 Å². The number of ether oxygens (including phenoxy) is 1. The molecular formula is C35H35N3O3. The van der Waals surface area contributed by atoms with Gasteiger partial charge in [0.1, 0.15) is 12.1 Å². The van der Waals surface area contributed by atoms with Crippen LogP contribution < -0.4 is 10.6 Å². The molecule has 0 saturated heterocycles. The Labute approximate surface area is 242 Å². The zero-order valence-corrected chi connectivity index (χ0v) is 23.4. The first-order valence-corrected chi connectivity index (χ1v) is 13.7. The van der Waals surface area contributed by atoms with Gasteiger partial charge >= 0.3 is 0 Å². The van der Waals surface area contributed by atoms with Crippen LogP contribution in [0.25, 0.3) is 0 Å². The molecule has 0 radical (unpaired) electrons. The van der Waals surface area contributed by atoms with Crippen LogP contribution in [0.5, 0.6) is 0 Å². The maximum absolute atomic E-state index is 13.8. The van der Waals surface area contributed by atoms with E-state index in [-0.39, 0.29) is 18.9 Å². The Balaban J connectivity index is 1.51. The van der Waals surface area contributed by atoms with Crippen molar-refractivity contribution < 1.29 is 14.3 Å². The van der Waals surface area contributed by atoms with E-state index >= 15 is 0 Å². The highest BCUT2D eigenvalue weighted by atomic mass is 16.5. The van der Waals surface area contributed by atoms with Crippen molar-refractivity contribution in [3.63, 3.8) is 0 Å². The van der Waals surface area contributed by atoms with Crippen LogP contribution in [0.15, 0.2) is 109 Å². The summed E-state index contributed by atoms with van der Waals surface area (Å²) in [6.07, 6.45) is 0.276. The monoisotopic (exact) mass is 545 g/mol. The Kier molecular flexibility index (Phi) is 10.4. The lowest BCUT2D eigenvalue weighted by molar-refractivity contribution is -0.129. The Morgan fingerprint density at radius 3 is 1.85 bits per heavy atom. The molecule has 0 aromatic heterocycles. The van der Waals surface area contributed by atoms with E-state index in [0.717, 1.165) is 33.4 Å². The number of aryl methyl sites for hydroxylation is 2. The number of hydrogen-bond acceptors (Lipinski definition) is 4. The van der Waals surface area contributed by atoms with E-state index < -0.39 is 23.9 Å². The molecule has 4 aromatic carbocycles. The summed E-state index contributed by atoms with van der Waals surface area (Å²) in [5.74, 6) is -1.33. The molecule has 6 heteroatoms. The zero-order valence-electron chi connectivity index (χ0n) is 23.4. The minimum Gasteiger partial charge on any atom is -0.374 e. The first-order chi connectivity index (χ1) is 19.9. The van der Waals surface area contributed by atoms with E-state index in [0.29, 0.717) is 6.61 Å². The summed E-state index contributed by atoms with van der Waals surface area (Å²) >= 11 is 0. The van der Waals surface area contributed by atoms with Gasteiger partial charge in [0.15, 0.2) is 0 Å². The lowest BCUT2D eigenvalue weighted by Gasteiger charge is -2.24. The van der Waals surface area contributed by atoms with Gasteiger partial charge in [0.2, 0.25) is 11.8 Å². The lowest BCUT2D eigenvalue weighted by atomic mass is 9.90. The molecule has 0 spiro atoms. The zero-order chi connectivity index (χ0) is 29.0. The average Bonchev–Trinajstić information content (AvgIpc) is 2.97. The fourth-order valence-electron chi connectivity index (χ4n) is 4.81. The number of rotatable bonds is 12. The van der Waals surface area contributed by atoms with Gasteiger partial charge in [0.05, 0.1) is 25.2 Å². The molecule has 208 valence electrons. The lowest BCUT2D eigenvalue weighted by Crippen LogP contribution is -2.52. The molecule has 6 nitrogen and oxygen atoms in total. The third kappa shape index (κ3) is 8.63. The maximum Gasteiger partial charge on any atom is 0.244 e. The van der Waals surface area contributed by atoms with Crippen LogP contribution in [-0.4, -0.2) is 30.5 Å². The quantitative estimate of drug-likeness (QED) is 0.250. The van der Waals surface area contributed by atoms with Gasteiger partial charge in [-0.05, 0) is 36.1 Å². The Morgan fingerprint density at radius 1 is 0.732 bits per heavy atom. The fourth-order valence-corrected chi connectivity index (χ4v) is 4.81. The van der Waals surface area contributed by atoms with Gasteiger partial charge in [0.25, 0.3) is 0 Å². The molecule has 0 fully saturated rings. The van der Waals surface area contributed by atoms with Crippen molar-refractivity contribution in [3.05, 3.63) is 143 Å². The van der Waals surface area contributed by atoms with E-state index in [2.05, 4.69) is 16.7 Å². The largest absolute Gasteiger partial charge is 0.374 e. The number of nitriles is 1. The third-order valence-corrected chi connectivity index (χ3v) is 6.79. The predicted molar refractivity (Wildman–Crippen MR) is 160 cm³/mol. The van der Waals surface area contributed by atoms with Crippen molar-refractivity contribution in [2.45, 2.75) is 44.9 Å². The minimum absolute atomic E-state index is 0.0257. The molecule has 41 heavy (non-hydrogen) atoms. The summed E-state index contributed by atoms with van der Waals surface area (Å²) in [7, 11) is 0. The molecule has 0 saturated carbocycles. The van der Waals surface area contributed by atoms with E-state index in [9.17, 15) is 14.9 Å². The summed E-state index contributed by atoms with van der Waals surface area (Å²) in [4.78, 5) is 27.4. The first kappa shape index (κ1) is 29.3. The highest BCUT2D eigenvalue weighted by Gasteiger charge is 2.29. The summed E-state index contributed by atoms with van der Waals surface area (Å²) in [5, 5.41) is 15.5. The molecule has 0 aliphatic rings. The van der Waals surface area contributed by atoms with E-state index in [1.165, 1.54) is 0 Å².